The van der Waals surface area contributed by atoms with E-state index in [2.05, 4.69) is 4.90 Å². The van der Waals surface area contributed by atoms with Gasteiger partial charge in [-0.1, -0.05) is 23.7 Å². The number of nitrogens with zero attached hydrogens (tertiary/aromatic N) is 1. The smallest absolute Gasteiger partial charge is 0.203 e. The molecule has 3 aromatic carbocycles. The number of thiophene rings is 1. The van der Waals surface area contributed by atoms with Crippen LogP contribution in [0.3, 0.4) is 0 Å². The summed E-state index contributed by atoms with van der Waals surface area (Å²) < 4.78 is 19.3. The quantitative estimate of drug-likeness (QED) is 0.286. The second-order valence-electron chi connectivity index (χ2n) is 8.48. The van der Waals surface area contributed by atoms with Crippen molar-refractivity contribution < 1.29 is 19.0 Å². The highest BCUT2D eigenvalue weighted by atomic mass is 35.5. The third kappa shape index (κ3) is 4.67. The Morgan fingerprint density at radius 2 is 1.82 bits per heavy atom. The summed E-state index contributed by atoms with van der Waals surface area (Å²) in [5.41, 5.74) is 2.29. The van der Waals surface area contributed by atoms with Crippen molar-refractivity contribution in [3.63, 3.8) is 0 Å². The predicted octanol–water partition coefficient (Wildman–Crippen LogP) is 6.44. The van der Waals surface area contributed by atoms with Crippen LogP contribution < -0.4 is 4.74 Å². The van der Waals surface area contributed by atoms with E-state index < -0.39 is 0 Å². The average molecular weight is 496 g/mol. The molecule has 0 spiro atoms. The molecule has 0 bridgehead atoms. The van der Waals surface area contributed by atoms with Gasteiger partial charge in [-0.2, -0.15) is 0 Å². The number of halogens is 2. The third-order valence-electron chi connectivity index (χ3n) is 6.06. The van der Waals surface area contributed by atoms with Crippen LogP contribution in [0.15, 0.2) is 66.7 Å². The van der Waals surface area contributed by atoms with Crippen LogP contribution in [0.2, 0.25) is 5.02 Å². The molecule has 0 saturated carbocycles. The molecule has 1 N–H and O–H groups in total. The standard InChI is InChI=1S/C27H23ClFNO3S/c28-20-5-1-19(2-6-20)26(32)27-25(23-10-7-21(31)13-24(23)34-27)18-3-8-22(9-4-18)33-12-11-30-15-17(14-29)16-30/h1-10,13,17,31H,11-12,14-16H2. The largest absolute Gasteiger partial charge is 0.508 e. The number of likely N-dealkylation sites (tertiary alicyclic amines) is 1. The Hall–Kier alpha value is -2.93. The minimum absolute atomic E-state index is 0.0891. The molecule has 0 amide bonds. The van der Waals surface area contributed by atoms with Gasteiger partial charge in [0.05, 0.1) is 11.6 Å². The molecule has 4 aromatic rings. The molecule has 1 aliphatic rings. The van der Waals surface area contributed by atoms with Crippen LogP contribution >= 0.6 is 22.9 Å². The number of hydrogen-bond donors (Lipinski definition) is 1. The Morgan fingerprint density at radius 1 is 1.09 bits per heavy atom. The van der Waals surface area contributed by atoms with Crippen LogP contribution in [0.4, 0.5) is 4.39 Å². The van der Waals surface area contributed by atoms with Gasteiger partial charge < -0.3 is 9.84 Å². The number of benzene rings is 3. The molecule has 1 aliphatic heterocycles. The number of aromatic hydroxyl groups is 1. The molecular weight excluding hydrogens is 473 g/mol. The minimum atomic E-state index is -0.252. The van der Waals surface area contributed by atoms with Gasteiger partial charge in [0.2, 0.25) is 5.78 Å². The maximum absolute atomic E-state index is 13.4. The summed E-state index contributed by atoms with van der Waals surface area (Å²) in [6, 6.07) is 19.7. The lowest BCUT2D eigenvalue weighted by atomic mass is 9.98. The number of phenolic OH excluding ortho intramolecular Hbond substituents is 1. The van der Waals surface area contributed by atoms with E-state index >= 15 is 0 Å². The lowest BCUT2D eigenvalue weighted by molar-refractivity contribution is 0.0668. The molecule has 1 fully saturated rings. The van der Waals surface area contributed by atoms with Gasteiger partial charge in [-0.05, 0) is 60.2 Å². The van der Waals surface area contributed by atoms with Gasteiger partial charge in [0.15, 0.2) is 0 Å². The summed E-state index contributed by atoms with van der Waals surface area (Å²) in [5, 5.41) is 11.4. The molecule has 4 nitrogen and oxygen atoms in total. The number of phenols is 1. The van der Waals surface area contributed by atoms with Crippen molar-refractivity contribution in [3.05, 3.63) is 82.2 Å². The summed E-state index contributed by atoms with van der Waals surface area (Å²) in [6.45, 7) is 2.65. The van der Waals surface area contributed by atoms with Crippen LogP contribution in [0.5, 0.6) is 11.5 Å². The number of carbonyl (C=O) groups excluding carboxylic acids is 1. The molecule has 0 aliphatic carbocycles. The molecular formula is C27H23ClFNO3S. The van der Waals surface area contributed by atoms with Crippen molar-refractivity contribution in [2.45, 2.75) is 0 Å². The predicted molar refractivity (Wildman–Crippen MR) is 135 cm³/mol. The van der Waals surface area contributed by atoms with Crippen molar-refractivity contribution in [3.8, 4) is 22.6 Å². The van der Waals surface area contributed by atoms with E-state index in [0.29, 0.717) is 22.1 Å². The number of ketones is 1. The van der Waals surface area contributed by atoms with Crippen LogP contribution in [-0.2, 0) is 0 Å². The van der Waals surface area contributed by atoms with Crippen LogP contribution in [0.1, 0.15) is 15.2 Å². The molecule has 0 atom stereocenters. The molecule has 0 radical (unpaired) electrons. The number of rotatable bonds is 8. The number of fused-ring (bicyclic) bond motifs is 1. The van der Waals surface area contributed by atoms with Crippen LogP contribution in [-0.4, -0.2) is 48.7 Å². The lowest BCUT2D eigenvalue weighted by Gasteiger charge is -2.37. The van der Waals surface area contributed by atoms with Crippen molar-refractivity contribution in [2.75, 3.05) is 32.9 Å². The molecule has 0 unspecified atom stereocenters. The van der Waals surface area contributed by atoms with Crippen LogP contribution in [0, 0.1) is 5.92 Å². The van der Waals surface area contributed by atoms with Crippen molar-refractivity contribution >= 4 is 38.8 Å². The Labute approximate surface area is 206 Å². The normalized spacial score (nSPS) is 14.3. The first-order chi connectivity index (χ1) is 16.5. The highest BCUT2D eigenvalue weighted by molar-refractivity contribution is 7.21. The first-order valence-corrected chi connectivity index (χ1v) is 12.3. The fraction of sp³-hybridized carbons (Fsp3) is 0.222. The van der Waals surface area contributed by atoms with E-state index in [-0.39, 0.29) is 24.1 Å². The number of carbonyl (C=O) groups is 1. The topological polar surface area (TPSA) is 49.8 Å². The van der Waals surface area contributed by atoms with Gasteiger partial charge >= 0.3 is 0 Å². The van der Waals surface area contributed by atoms with Gasteiger partial charge in [-0.3, -0.25) is 14.1 Å². The Kier molecular flexibility index (Phi) is 6.55. The van der Waals surface area contributed by atoms with Crippen molar-refractivity contribution in [1.82, 2.24) is 4.90 Å². The molecule has 7 heteroatoms. The molecule has 5 rings (SSSR count). The summed E-state index contributed by atoms with van der Waals surface area (Å²) in [5.74, 6) is 0.990. The Morgan fingerprint density at radius 3 is 2.53 bits per heavy atom. The first-order valence-electron chi connectivity index (χ1n) is 11.1. The van der Waals surface area contributed by atoms with Gasteiger partial charge in [0, 0.05) is 51.8 Å². The second-order valence-corrected chi connectivity index (χ2v) is 9.96. The molecule has 174 valence electrons. The second kappa shape index (κ2) is 9.74. The fourth-order valence-electron chi connectivity index (χ4n) is 4.23. The highest BCUT2D eigenvalue weighted by Gasteiger charge is 2.26. The summed E-state index contributed by atoms with van der Waals surface area (Å²) in [4.78, 5) is 16.2. The van der Waals surface area contributed by atoms with Gasteiger partial charge in [-0.25, -0.2) is 0 Å². The number of ether oxygens (including phenoxy) is 1. The Bertz CT molecular complexity index is 1310. The zero-order chi connectivity index (χ0) is 23.7. The lowest BCUT2D eigenvalue weighted by Crippen LogP contribution is -2.49. The summed E-state index contributed by atoms with van der Waals surface area (Å²) in [6.07, 6.45) is 0. The number of alkyl halides is 1. The maximum atomic E-state index is 13.4. The maximum Gasteiger partial charge on any atom is 0.203 e. The molecule has 34 heavy (non-hydrogen) atoms. The monoisotopic (exact) mass is 495 g/mol. The third-order valence-corrected chi connectivity index (χ3v) is 7.46. The average Bonchev–Trinajstić information content (AvgIpc) is 3.19. The number of hydrogen-bond acceptors (Lipinski definition) is 5. The van der Waals surface area contributed by atoms with E-state index in [1.165, 1.54) is 11.3 Å². The van der Waals surface area contributed by atoms with Crippen LogP contribution in [0.25, 0.3) is 21.2 Å². The van der Waals surface area contributed by atoms with Crippen molar-refractivity contribution in [1.29, 1.82) is 0 Å². The SMILES string of the molecule is O=C(c1ccc(Cl)cc1)c1sc2cc(O)ccc2c1-c1ccc(OCCN2CC(CF)C2)cc1. The zero-order valence-corrected chi connectivity index (χ0v) is 19.9. The van der Waals surface area contributed by atoms with Crippen molar-refractivity contribution in [2.24, 2.45) is 5.92 Å². The van der Waals surface area contributed by atoms with E-state index in [4.69, 9.17) is 16.3 Å². The van der Waals surface area contributed by atoms with E-state index in [9.17, 15) is 14.3 Å². The molecule has 1 aromatic heterocycles. The van der Waals surface area contributed by atoms with Gasteiger partial charge in [0.25, 0.3) is 0 Å². The van der Waals surface area contributed by atoms with E-state index in [1.807, 2.05) is 30.3 Å². The van der Waals surface area contributed by atoms with Gasteiger partial charge in [-0.15, -0.1) is 11.3 Å². The minimum Gasteiger partial charge on any atom is -0.508 e. The summed E-state index contributed by atoms with van der Waals surface area (Å²) >= 11 is 7.36. The molecule has 1 saturated heterocycles. The zero-order valence-electron chi connectivity index (χ0n) is 18.3. The van der Waals surface area contributed by atoms with E-state index in [1.54, 1.807) is 36.4 Å². The van der Waals surface area contributed by atoms with Gasteiger partial charge in [0.1, 0.15) is 18.1 Å². The summed E-state index contributed by atoms with van der Waals surface area (Å²) in [7, 11) is 0. The Balaban J connectivity index is 1.40. The molecule has 2 heterocycles. The van der Waals surface area contributed by atoms with E-state index in [0.717, 1.165) is 46.6 Å². The highest BCUT2D eigenvalue weighted by Crippen LogP contribution is 2.41. The fourth-order valence-corrected chi connectivity index (χ4v) is 5.58. The first kappa shape index (κ1) is 22.8.